The number of aryl methyl sites for hydroxylation is 1. The molecule has 0 spiro atoms. The molecule has 0 aliphatic rings. The Morgan fingerprint density at radius 1 is 1.27 bits per heavy atom. The molecule has 0 saturated heterocycles. The van der Waals surface area contributed by atoms with Crippen LogP contribution in [0, 0.1) is 11.7 Å². The van der Waals surface area contributed by atoms with Crippen LogP contribution in [0.5, 0.6) is 11.5 Å². The molecule has 8 heteroatoms. The van der Waals surface area contributed by atoms with Crippen LogP contribution in [0.25, 0.3) is 0 Å². The number of methoxy groups -OCH3 is 1. The fourth-order valence-corrected chi connectivity index (χ4v) is 2.70. The molecule has 3 aromatic rings. The number of halogens is 1. The molecule has 1 aromatic heterocycles. The van der Waals surface area contributed by atoms with Crippen molar-refractivity contribution < 1.29 is 9.47 Å². The van der Waals surface area contributed by atoms with Crippen LogP contribution in [0.4, 0.5) is 0 Å². The number of nitrogens with zero attached hydrogens (tertiary/aromatic N) is 3. The first-order valence-corrected chi connectivity index (χ1v) is 8.59. The number of ether oxygens (including phenoxy) is 2. The van der Waals surface area contributed by atoms with Crippen molar-refractivity contribution in [3.05, 3.63) is 69.2 Å². The van der Waals surface area contributed by atoms with Gasteiger partial charge in [0.2, 0.25) is 4.77 Å². The molecule has 1 N–H and O–H groups in total. The molecule has 0 amide bonds. The molecular formula is C18H17ClN4O2S. The smallest absolute Gasteiger partial charge is 0.216 e. The van der Waals surface area contributed by atoms with Gasteiger partial charge in [-0.3, -0.25) is 5.10 Å². The molecule has 0 aliphatic carbocycles. The van der Waals surface area contributed by atoms with E-state index in [4.69, 9.17) is 33.3 Å². The monoisotopic (exact) mass is 388 g/mol. The summed E-state index contributed by atoms with van der Waals surface area (Å²) in [5.41, 5.74) is 1.73. The number of aromatic amines is 1. The predicted molar refractivity (Wildman–Crippen MR) is 104 cm³/mol. The first kappa shape index (κ1) is 18.2. The highest BCUT2D eigenvalue weighted by Crippen LogP contribution is 2.29. The molecule has 0 aliphatic heterocycles. The van der Waals surface area contributed by atoms with Crippen molar-refractivity contribution >= 4 is 30.0 Å². The maximum atomic E-state index is 6.18. The quantitative estimate of drug-likeness (QED) is 0.503. The SMILES string of the molecule is COc1ccc(/C=N/n2c(C)n[nH]c2=S)cc1OCc1ccccc1Cl. The van der Waals surface area contributed by atoms with E-state index in [0.717, 1.165) is 11.1 Å². The van der Waals surface area contributed by atoms with Gasteiger partial charge < -0.3 is 9.47 Å². The van der Waals surface area contributed by atoms with E-state index in [1.165, 1.54) is 0 Å². The van der Waals surface area contributed by atoms with Crippen LogP contribution < -0.4 is 9.47 Å². The van der Waals surface area contributed by atoms with Crippen molar-refractivity contribution in [3.63, 3.8) is 0 Å². The van der Waals surface area contributed by atoms with E-state index >= 15 is 0 Å². The highest BCUT2D eigenvalue weighted by molar-refractivity contribution is 7.71. The van der Waals surface area contributed by atoms with Gasteiger partial charge >= 0.3 is 0 Å². The van der Waals surface area contributed by atoms with E-state index in [1.807, 2.05) is 49.4 Å². The molecule has 6 nitrogen and oxygen atoms in total. The van der Waals surface area contributed by atoms with Gasteiger partial charge in [0, 0.05) is 10.6 Å². The van der Waals surface area contributed by atoms with E-state index in [-0.39, 0.29) is 0 Å². The van der Waals surface area contributed by atoms with Crippen LogP contribution in [-0.2, 0) is 6.61 Å². The average Bonchev–Trinajstić information content (AvgIpc) is 2.97. The molecule has 2 aromatic carbocycles. The average molecular weight is 389 g/mol. The fraction of sp³-hybridized carbons (Fsp3) is 0.167. The number of aromatic nitrogens is 3. The molecule has 0 atom stereocenters. The third kappa shape index (κ3) is 4.12. The summed E-state index contributed by atoms with van der Waals surface area (Å²) < 4.78 is 13.2. The lowest BCUT2D eigenvalue weighted by Gasteiger charge is -2.12. The van der Waals surface area contributed by atoms with Crippen LogP contribution >= 0.6 is 23.8 Å². The summed E-state index contributed by atoms with van der Waals surface area (Å²) in [4.78, 5) is 0. The van der Waals surface area contributed by atoms with E-state index in [1.54, 1.807) is 18.0 Å². The molecule has 0 unspecified atom stereocenters. The second-order valence-electron chi connectivity index (χ2n) is 5.42. The number of hydrogen-bond donors (Lipinski definition) is 1. The first-order valence-electron chi connectivity index (χ1n) is 7.81. The molecule has 0 radical (unpaired) electrons. The second-order valence-corrected chi connectivity index (χ2v) is 6.22. The Kier molecular flexibility index (Phi) is 5.70. The molecule has 0 fully saturated rings. The van der Waals surface area contributed by atoms with Gasteiger partial charge in [-0.1, -0.05) is 29.8 Å². The zero-order valence-electron chi connectivity index (χ0n) is 14.3. The second kappa shape index (κ2) is 8.16. The van der Waals surface area contributed by atoms with Gasteiger partial charge in [-0.15, -0.1) is 0 Å². The zero-order valence-corrected chi connectivity index (χ0v) is 15.8. The number of nitrogens with one attached hydrogen (secondary N) is 1. The molecule has 134 valence electrons. The normalized spacial score (nSPS) is 11.0. The minimum atomic E-state index is 0.336. The van der Waals surface area contributed by atoms with Gasteiger partial charge in [-0.25, -0.2) is 0 Å². The van der Waals surface area contributed by atoms with Crippen molar-refractivity contribution in [1.29, 1.82) is 0 Å². The van der Waals surface area contributed by atoms with E-state index in [9.17, 15) is 0 Å². The van der Waals surface area contributed by atoms with Crippen molar-refractivity contribution in [2.75, 3.05) is 7.11 Å². The van der Waals surface area contributed by atoms with Gasteiger partial charge in [-0.05, 0) is 49.0 Å². The third-order valence-electron chi connectivity index (χ3n) is 3.66. The number of benzene rings is 2. The van der Waals surface area contributed by atoms with Gasteiger partial charge in [0.15, 0.2) is 11.5 Å². The summed E-state index contributed by atoms with van der Waals surface area (Å²) in [5, 5.41) is 11.7. The predicted octanol–water partition coefficient (Wildman–Crippen LogP) is 4.37. The fourth-order valence-electron chi connectivity index (χ4n) is 2.29. The Morgan fingerprint density at radius 2 is 2.08 bits per heavy atom. The van der Waals surface area contributed by atoms with Crippen molar-refractivity contribution in [2.24, 2.45) is 5.10 Å². The van der Waals surface area contributed by atoms with Crippen molar-refractivity contribution in [3.8, 4) is 11.5 Å². The van der Waals surface area contributed by atoms with Crippen LogP contribution in [0.3, 0.4) is 0 Å². The van der Waals surface area contributed by atoms with Crippen LogP contribution in [0.15, 0.2) is 47.6 Å². The maximum Gasteiger partial charge on any atom is 0.216 e. The molecule has 3 rings (SSSR count). The summed E-state index contributed by atoms with van der Waals surface area (Å²) >= 11 is 11.3. The number of rotatable bonds is 6. The summed E-state index contributed by atoms with van der Waals surface area (Å²) in [6, 6.07) is 13.1. The lowest BCUT2D eigenvalue weighted by atomic mass is 10.2. The van der Waals surface area contributed by atoms with Gasteiger partial charge in [-0.2, -0.15) is 14.9 Å². The molecule has 0 saturated carbocycles. The largest absolute Gasteiger partial charge is 0.493 e. The maximum absolute atomic E-state index is 6.18. The summed E-state index contributed by atoms with van der Waals surface area (Å²) in [5.74, 6) is 1.91. The lowest BCUT2D eigenvalue weighted by Crippen LogP contribution is -1.99. The van der Waals surface area contributed by atoms with Crippen molar-refractivity contribution in [2.45, 2.75) is 13.5 Å². The molecule has 1 heterocycles. The summed E-state index contributed by atoms with van der Waals surface area (Å²) in [6.07, 6.45) is 1.68. The van der Waals surface area contributed by atoms with E-state index in [0.29, 0.717) is 33.7 Å². The van der Waals surface area contributed by atoms with E-state index in [2.05, 4.69) is 15.3 Å². The molecule has 26 heavy (non-hydrogen) atoms. The molecule has 0 bridgehead atoms. The first-order chi connectivity index (χ1) is 12.6. The standard InChI is InChI=1S/C18H17ClN4O2S/c1-12-21-22-18(26)23(12)20-10-13-7-8-16(24-2)17(9-13)25-11-14-5-3-4-6-15(14)19/h3-10H,11H2,1-2H3,(H,22,26)/b20-10+. The summed E-state index contributed by atoms with van der Waals surface area (Å²) in [6.45, 7) is 2.15. The Balaban J connectivity index is 1.82. The van der Waals surface area contributed by atoms with Crippen molar-refractivity contribution in [1.82, 2.24) is 14.9 Å². The highest BCUT2D eigenvalue weighted by atomic mass is 35.5. The van der Waals surface area contributed by atoms with Crippen LogP contribution in [0.2, 0.25) is 5.02 Å². The Bertz CT molecular complexity index is 997. The number of hydrogen-bond acceptors (Lipinski definition) is 5. The van der Waals surface area contributed by atoms with Crippen LogP contribution in [0.1, 0.15) is 17.0 Å². The Morgan fingerprint density at radius 3 is 2.77 bits per heavy atom. The number of H-pyrrole nitrogens is 1. The highest BCUT2D eigenvalue weighted by Gasteiger charge is 2.07. The van der Waals surface area contributed by atoms with Gasteiger partial charge in [0.1, 0.15) is 12.4 Å². The zero-order chi connectivity index (χ0) is 18.5. The van der Waals surface area contributed by atoms with Gasteiger partial charge in [0.25, 0.3) is 0 Å². The Hall–Kier alpha value is -2.64. The lowest BCUT2D eigenvalue weighted by molar-refractivity contribution is 0.284. The van der Waals surface area contributed by atoms with E-state index < -0.39 is 0 Å². The minimum absolute atomic E-state index is 0.336. The third-order valence-corrected chi connectivity index (χ3v) is 4.30. The molecular weight excluding hydrogens is 372 g/mol. The van der Waals surface area contributed by atoms with Gasteiger partial charge in [0.05, 0.1) is 13.3 Å². The van der Waals surface area contributed by atoms with Crippen LogP contribution in [-0.4, -0.2) is 28.2 Å². The summed E-state index contributed by atoms with van der Waals surface area (Å²) in [7, 11) is 1.60. The minimum Gasteiger partial charge on any atom is -0.493 e. The topological polar surface area (TPSA) is 64.4 Å². The Labute approximate surface area is 161 Å².